The van der Waals surface area contributed by atoms with Gasteiger partial charge in [-0.3, -0.25) is 9.48 Å². The number of likely N-dealkylation sites (tertiary alicyclic amines) is 1. The molecule has 2 heterocycles. The summed E-state index contributed by atoms with van der Waals surface area (Å²) in [7, 11) is 0. The van der Waals surface area contributed by atoms with E-state index in [9.17, 15) is 22.8 Å². The van der Waals surface area contributed by atoms with Crippen molar-refractivity contribution < 1.29 is 27.5 Å². The number of fused-ring (bicyclic) bond motifs is 1. The molecule has 0 saturated carbocycles. The van der Waals surface area contributed by atoms with Crippen LogP contribution in [0.2, 0.25) is 0 Å². The maximum absolute atomic E-state index is 12.6. The monoisotopic (exact) mass is 485 g/mol. The topological polar surface area (TPSA) is 64.4 Å². The first-order valence-corrected chi connectivity index (χ1v) is 12.0. The standard InChI is InChI=1S/C23H30F3N3O3S/c1-15-17(20(30)6-5-11-33-23(24,25)26)7-8-19-18(15)14-29(27-19)13-16-9-10-28(12-16)21(31)32-22(2,3)4/h7-8,14,16H,5-6,9-13H2,1-4H3/t16-/m1/s1. The van der Waals surface area contributed by atoms with E-state index >= 15 is 0 Å². The summed E-state index contributed by atoms with van der Waals surface area (Å²) in [5.74, 6) is -0.0380. The Kier molecular flexibility index (Phi) is 7.65. The second-order valence-electron chi connectivity index (χ2n) is 9.42. The maximum Gasteiger partial charge on any atom is 0.441 e. The summed E-state index contributed by atoms with van der Waals surface area (Å²) in [6.45, 7) is 9.26. The molecule has 1 saturated heterocycles. The highest BCUT2D eigenvalue weighted by atomic mass is 32.2. The van der Waals surface area contributed by atoms with Gasteiger partial charge in [-0.05, 0) is 64.2 Å². The van der Waals surface area contributed by atoms with Crippen LogP contribution in [0.25, 0.3) is 10.9 Å². The number of alkyl halides is 3. The molecule has 10 heteroatoms. The smallest absolute Gasteiger partial charge is 0.441 e. The van der Waals surface area contributed by atoms with Gasteiger partial charge in [0.05, 0.1) is 5.52 Å². The van der Waals surface area contributed by atoms with Gasteiger partial charge in [0, 0.05) is 49.0 Å². The summed E-state index contributed by atoms with van der Waals surface area (Å²) in [5, 5.41) is 5.47. The van der Waals surface area contributed by atoms with E-state index in [1.165, 1.54) is 0 Å². The summed E-state index contributed by atoms with van der Waals surface area (Å²) in [6, 6.07) is 3.48. The van der Waals surface area contributed by atoms with Gasteiger partial charge in [0.1, 0.15) is 5.60 Å². The lowest BCUT2D eigenvalue weighted by Gasteiger charge is -2.24. The number of nitrogens with zero attached hydrogens (tertiary/aromatic N) is 3. The maximum atomic E-state index is 12.6. The minimum atomic E-state index is -4.27. The normalized spacial score (nSPS) is 17.1. The van der Waals surface area contributed by atoms with Crippen LogP contribution >= 0.6 is 11.8 Å². The highest BCUT2D eigenvalue weighted by molar-refractivity contribution is 8.00. The molecule has 1 atom stereocenters. The molecule has 0 spiro atoms. The van der Waals surface area contributed by atoms with Crippen LogP contribution in [0.15, 0.2) is 18.3 Å². The molecule has 1 aromatic carbocycles. The first-order valence-electron chi connectivity index (χ1n) is 11.0. The lowest BCUT2D eigenvalue weighted by Crippen LogP contribution is -2.35. The Labute approximate surface area is 195 Å². The van der Waals surface area contributed by atoms with Crippen LogP contribution in [-0.4, -0.2) is 56.5 Å². The third-order valence-electron chi connectivity index (χ3n) is 5.50. The number of hydrogen-bond acceptors (Lipinski definition) is 5. The second-order valence-corrected chi connectivity index (χ2v) is 10.6. The van der Waals surface area contributed by atoms with E-state index in [0.29, 0.717) is 25.2 Å². The van der Waals surface area contributed by atoms with Crippen LogP contribution in [-0.2, 0) is 11.3 Å². The Morgan fingerprint density at radius 3 is 2.64 bits per heavy atom. The lowest BCUT2D eigenvalue weighted by atomic mass is 9.99. The highest BCUT2D eigenvalue weighted by Gasteiger charge is 2.30. The molecule has 1 aromatic heterocycles. The van der Waals surface area contributed by atoms with E-state index in [4.69, 9.17) is 4.74 Å². The number of Topliss-reactive ketones (excluding diaryl/α,β-unsaturated/α-hetero) is 1. The molecule has 182 valence electrons. The Morgan fingerprint density at radius 2 is 1.97 bits per heavy atom. The number of halogens is 3. The summed E-state index contributed by atoms with van der Waals surface area (Å²) in [5.41, 5.74) is -2.72. The summed E-state index contributed by atoms with van der Waals surface area (Å²) < 4.78 is 44.1. The van der Waals surface area contributed by atoms with Crippen LogP contribution in [0.4, 0.5) is 18.0 Å². The predicted molar refractivity (Wildman–Crippen MR) is 122 cm³/mol. The number of aromatic nitrogens is 2. The molecule has 0 N–H and O–H groups in total. The molecule has 0 bridgehead atoms. The van der Waals surface area contributed by atoms with Crippen molar-refractivity contribution in [3.63, 3.8) is 0 Å². The largest absolute Gasteiger partial charge is 0.444 e. The fraction of sp³-hybridized carbons (Fsp3) is 0.609. The number of carbonyl (C=O) groups is 2. The predicted octanol–water partition coefficient (Wildman–Crippen LogP) is 5.82. The quantitative estimate of drug-likeness (QED) is 0.365. The number of aryl methyl sites for hydroxylation is 1. The van der Waals surface area contributed by atoms with Crippen molar-refractivity contribution in [3.8, 4) is 0 Å². The first kappa shape index (κ1) is 25.4. The fourth-order valence-electron chi connectivity index (χ4n) is 3.97. The number of ketones is 1. The molecule has 1 fully saturated rings. The van der Waals surface area contributed by atoms with Crippen molar-refractivity contribution in [2.45, 2.75) is 64.6 Å². The molecule has 0 unspecified atom stereocenters. The van der Waals surface area contributed by atoms with Crippen LogP contribution in [0.1, 0.15) is 56.0 Å². The van der Waals surface area contributed by atoms with Crippen molar-refractivity contribution in [2.24, 2.45) is 5.92 Å². The molecular formula is C23H30F3N3O3S. The minimum Gasteiger partial charge on any atom is -0.444 e. The Hall–Kier alpha value is -2.23. The molecule has 2 aromatic rings. The van der Waals surface area contributed by atoms with Gasteiger partial charge in [-0.15, -0.1) is 0 Å². The van der Waals surface area contributed by atoms with Crippen molar-refractivity contribution >= 4 is 34.5 Å². The fourth-order valence-corrected chi connectivity index (χ4v) is 4.49. The molecule has 0 radical (unpaired) electrons. The highest BCUT2D eigenvalue weighted by Crippen LogP contribution is 2.31. The number of thioether (sulfide) groups is 1. The molecule has 6 nitrogen and oxygen atoms in total. The summed E-state index contributed by atoms with van der Waals surface area (Å²) in [6.07, 6.45) is 2.70. The zero-order chi connectivity index (χ0) is 24.4. The van der Waals surface area contributed by atoms with Crippen LogP contribution in [0.5, 0.6) is 0 Å². The van der Waals surface area contributed by atoms with Gasteiger partial charge in [-0.1, -0.05) is 11.8 Å². The number of amides is 1. The molecule has 0 aliphatic carbocycles. The van der Waals surface area contributed by atoms with E-state index in [-0.39, 0.29) is 48.2 Å². The first-order chi connectivity index (χ1) is 15.3. The number of carbonyl (C=O) groups excluding carboxylic acids is 2. The molecular weight excluding hydrogens is 455 g/mol. The number of rotatable bonds is 7. The molecule has 1 aliphatic rings. The van der Waals surface area contributed by atoms with E-state index in [0.717, 1.165) is 22.9 Å². The zero-order valence-electron chi connectivity index (χ0n) is 19.4. The number of benzene rings is 1. The van der Waals surface area contributed by atoms with Crippen molar-refractivity contribution in [1.82, 2.24) is 14.7 Å². The van der Waals surface area contributed by atoms with Crippen LogP contribution in [0, 0.1) is 12.8 Å². The number of ether oxygens (including phenoxy) is 1. The molecule has 3 rings (SSSR count). The van der Waals surface area contributed by atoms with Crippen molar-refractivity contribution in [1.29, 1.82) is 0 Å². The van der Waals surface area contributed by atoms with Gasteiger partial charge in [0.15, 0.2) is 5.78 Å². The molecule has 33 heavy (non-hydrogen) atoms. The third-order valence-corrected chi connectivity index (χ3v) is 6.32. The van der Waals surface area contributed by atoms with Crippen LogP contribution < -0.4 is 0 Å². The van der Waals surface area contributed by atoms with Gasteiger partial charge in [-0.2, -0.15) is 18.3 Å². The van der Waals surface area contributed by atoms with E-state index < -0.39 is 11.1 Å². The summed E-state index contributed by atoms with van der Waals surface area (Å²) >= 11 is -0.0978. The number of hydrogen-bond donors (Lipinski definition) is 0. The second kappa shape index (κ2) is 9.95. The molecule has 1 amide bonds. The Balaban J connectivity index is 1.61. The van der Waals surface area contributed by atoms with Gasteiger partial charge >= 0.3 is 11.6 Å². The van der Waals surface area contributed by atoms with Crippen LogP contribution in [0.3, 0.4) is 0 Å². The van der Waals surface area contributed by atoms with E-state index in [1.54, 1.807) is 17.0 Å². The van der Waals surface area contributed by atoms with Crippen molar-refractivity contribution in [2.75, 3.05) is 18.8 Å². The lowest BCUT2D eigenvalue weighted by molar-refractivity contribution is -0.0328. The van der Waals surface area contributed by atoms with E-state index in [1.807, 2.05) is 38.6 Å². The van der Waals surface area contributed by atoms with Gasteiger partial charge in [-0.25, -0.2) is 4.79 Å². The minimum absolute atomic E-state index is 0.0755. The molecule has 1 aliphatic heterocycles. The SMILES string of the molecule is Cc1c(C(=O)CCCSC(F)(F)F)ccc2nn(C[C@@H]3CCN(C(=O)OC(C)(C)C)C3)cc12. The third kappa shape index (κ3) is 7.12. The Bertz CT molecular complexity index is 1010. The zero-order valence-corrected chi connectivity index (χ0v) is 20.2. The van der Waals surface area contributed by atoms with E-state index in [2.05, 4.69) is 5.10 Å². The average Bonchev–Trinajstić information content (AvgIpc) is 3.31. The van der Waals surface area contributed by atoms with Crippen molar-refractivity contribution in [3.05, 3.63) is 29.5 Å². The van der Waals surface area contributed by atoms with Gasteiger partial charge in [0.25, 0.3) is 0 Å². The van der Waals surface area contributed by atoms with Gasteiger partial charge in [0.2, 0.25) is 0 Å². The Morgan fingerprint density at radius 1 is 1.24 bits per heavy atom. The van der Waals surface area contributed by atoms with Gasteiger partial charge < -0.3 is 9.64 Å². The average molecular weight is 486 g/mol. The summed E-state index contributed by atoms with van der Waals surface area (Å²) in [4.78, 5) is 26.6.